The second kappa shape index (κ2) is 5.77. The van der Waals surface area contributed by atoms with Crippen LogP contribution in [-0.4, -0.2) is 0 Å². The molecule has 0 aliphatic rings. The molecule has 2 aromatic carbocycles. The van der Waals surface area contributed by atoms with E-state index in [0.29, 0.717) is 0 Å². The zero-order valence-corrected chi connectivity index (χ0v) is 10.1. The van der Waals surface area contributed by atoms with Gasteiger partial charge in [-0.25, -0.2) is 0 Å². The van der Waals surface area contributed by atoms with Gasteiger partial charge in [-0.2, -0.15) is 0 Å². The van der Waals surface area contributed by atoms with Gasteiger partial charge in [0.15, 0.2) is 0 Å². The maximum absolute atomic E-state index is 5.58. The van der Waals surface area contributed by atoms with Gasteiger partial charge >= 0.3 is 0 Å². The molecule has 0 aromatic heterocycles. The Labute approximate surface area is 103 Å². The van der Waals surface area contributed by atoms with Gasteiger partial charge in [-0.1, -0.05) is 36.4 Å². The van der Waals surface area contributed by atoms with Crippen LogP contribution in [-0.2, 0) is 26.2 Å². The first kappa shape index (κ1) is 11.2. The van der Waals surface area contributed by atoms with Crippen LogP contribution in [0.5, 0.6) is 11.5 Å². The van der Waals surface area contributed by atoms with Crippen LogP contribution in [0.4, 0.5) is 0 Å². The minimum atomic E-state index is 0. The molecule has 0 bridgehead atoms. The van der Waals surface area contributed by atoms with Gasteiger partial charge in [0.05, 0.1) is 0 Å². The Bertz CT molecular complexity index is 321. The van der Waals surface area contributed by atoms with Crippen molar-refractivity contribution >= 4 is 0 Å². The summed E-state index contributed by atoms with van der Waals surface area (Å²) in [4.78, 5) is 0. The van der Waals surface area contributed by atoms with Crippen LogP contribution < -0.4 is 4.74 Å². The molecule has 2 heteroatoms. The standard InChI is InChI=1S/C12H10O.Zr/c1-3-7-11(8-4-1)13-12-9-5-2-6-10-12;/h1-10H;. The Hall–Kier alpha value is -0.877. The Morgan fingerprint density at radius 2 is 0.929 bits per heavy atom. The van der Waals surface area contributed by atoms with Gasteiger partial charge in [0.25, 0.3) is 0 Å². The Morgan fingerprint density at radius 3 is 1.29 bits per heavy atom. The van der Waals surface area contributed by atoms with Crippen molar-refractivity contribution in [2.75, 3.05) is 0 Å². The van der Waals surface area contributed by atoms with E-state index in [1.165, 1.54) is 0 Å². The molecule has 0 amide bonds. The molecular formula is C12H10OZr. The number of ether oxygens (including phenoxy) is 1. The molecule has 0 spiro atoms. The predicted octanol–water partition coefficient (Wildman–Crippen LogP) is 3.48. The van der Waals surface area contributed by atoms with E-state index in [2.05, 4.69) is 0 Å². The molecule has 0 aliphatic carbocycles. The van der Waals surface area contributed by atoms with Crippen LogP contribution in [0.2, 0.25) is 0 Å². The maximum atomic E-state index is 5.58. The molecule has 0 saturated carbocycles. The van der Waals surface area contributed by atoms with Crippen LogP contribution >= 0.6 is 0 Å². The van der Waals surface area contributed by atoms with Crippen LogP contribution in [0.25, 0.3) is 0 Å². The Morgan fingerprint density at radius 1 is 0.571 bits per heavy atom. The molecule has 0 atom stereocenters. The van der Waals surface area contributed by atoms with Crippen LogP contribution in [0.3, 0.4) is 0 Å². The molecule has 0 saturated heterocycles. The van der Waals surface area contributed by atoms with Crippen LogP contribution in [0, 0.1) is 0 Å². The molecular weight excluding hydrogens is 251 g/mol. The van der Waals surface area contributed by atoms with E-state index in [0.717, 1.165) is 11.5 Å². The van der Waals surface area contributed by atoms with Crippen molar-refractivity contribution < 1.29 is 30.9 Å². The topological polar surface area (TPSA) is 9.23 Å². The molecule has 0 fully saturated rings. The number of rotatable bonds is 2. The normalized spacial score (nSPS) is 8.86. The first-order valence-corrected chi connectivity index (χ1v) is 4.23. The zero-order chi connectivity index (χ0) is 8.93. The molecule has 0 unspecified atom stereocenters. The van der Waals surface area contributed by atoms with Crippen molar-refractivity contribution in [2.45, 2.75) is 0 Å². The second-order valence-corrected chi connectivity index (χ2v) is 2.73. The summed E-state index contributed by atoms with van der Waals surface area (Å²) in [6, 6.07) is 19.5. The molecule has 14 heavy (non-hydrogen) atoms. The van der Waals surface area contributed by atoms with Gasteiger partial charge in [-0.3, -0.25) is 0 Å². The zero-order valence-electron chi connectivity index (χ0n) is 7.68. The quantitative estimate of drug-likeness (QED) is 0.804. The van der Waals surface area contributed by atoms with Crippen LogP contribution in [0.1, 0.15) is 0 Å². The molecule has 2 rings (SSSR count). The fraction of sp³-hybridized carbons (Fsp3) is 0. The first-order valence-electron chi connectivity index (χ1n) is 4.23. The average molecular weight is 261 g/mol. The van der Waals surface area contributed by atoms with E-state index in [1.807, 2.05) is 60.7 Å². The largest absolute Gasteiger partial charge is 0.457 e. The number of para-hydroxylation sites is 2. The van der Waals surface area contributed by atoms with Crippen LogP contribution in [0.15, 0.2) is 60.7 Å². The molecule has 0 N–H and O–H groups in total. The molecule has 0 aliphatic heterocycles. The fourth-order valence-corrected chi connectivity index (χ4v) is 1.11. The number of hydrogen-bond donors (Lipinski definition) is 0. The first-order chi connectivity index (χ1) is 6.45. The maximum Gasteiger partial charge on any atom is 0.127 e. The third-order valence-corrected chi connectivity index (χ3v) is 1.72. The van der Waals surface area contributed by atoms with Gasteiger partial charge in [0.1, 0.15) is 11.5 Å². The second-order valence-electron chi connectivity index (χ2n) is 2.73. The SMILES string of the molecule is [Zr].c1ccc(Oc2ccccc2)cc1. The molecule has 1 nitrogen and oxygen atoms in total. The Kier molecular flexibility index (Phi) is 4.62. The Balaban J connectivity index is 0.000000980. The predicted molar refractivity (Wildman–Crippen MR) is 53.0 cm³/mol. The van der Waals surface area contributed by atoms with E-state index < -0.39 is 0 Å². The molecule has 0 heterocycles. The van der Waals surface area contributed by atoms with E-state index in [9.17, 15) is 0 Å². The van der Waals surface area contributed by atoms with E-state index >= 15 is 0 Å². The third kappa shape index (κ3) is 3.12. The van der Waals surface area contributed by atoms with Crippen molar-refractivity contribution in [2.24, 2.45) is 0 Å². The third-order valence-electron chi connectivity index (χ3n) is 1.72. The van der Waals surface area contributed by atoms with Gasteiger partial charge in [0.2, 0.25) is 0 Å². The van der Waals surface area contributed by atoms with E-state index in [-0.39, 0.29) is 26.2 Å². The van der Waals surface area contributed by atoms with Crippen molar-refractivity contribution in [3.05, 3.63) is 60.7 Å². The summed E-state index contributed by atoms with van der Waals surface area (Å²) in [7, 11) is 0. The van der Waals surface area contributed by atoms with Gasteiger partial charge < -0.3 is 4.74 Å². The summed E-state index contributed by atoms with van der Waals surface area (Å²) in [5.41, 5.74) is 0. The van der Waals surface area contributed by atoms with Gasteiger partial charge in [-0.05, 0) is 24.3 Å². The summed E-state index contributed by atoms with van der Waals surface area (Å²) in [6.45, 7) is 0. The van der Waals surface area contributed by atoms with Crippen molar-refractivity contribution in [1.29, 1.82) is 0 Å². The minimum Gasteiger partial charge on any atom is -0.457 e. The fourth-order valence-electron chi connectivity index (χ4n) is 1.11. The summed E-state index contributed by atoms with van der Waals surface area (Å²) in [5.74, 6) is 1.74. The van der Waals surface area contributed by atoms with Gasteiger partial charge in [-0.15, -0.1) is 0 Å². The van der Waals surface area contributed by atoms with E-state index in [4.69, 9.17) is 4.74 Å². The average Bonchev–Trinajstić information content (AvgIpc) is 2.21. The molecule has 2 aromatic rings. The number of benzene rings is 2. The number of hydrogen-bond acceptors (Lipinski definition) is 1. The summed E-state index contributed by atoms with van der Waals surface area (Å²) in [6.07, 6.45) is 0. The monoisotopic (exact) mass is 260 g/mol. The van der Waals surface area contributed by atoms with Crippen molar-refractivity contribution in [3.8, 4) is 11.5 Å². The molecule has 0 radical (unpaired) electrons. The molecule has 68 valence electrons. The van der Waals surface area contributed by atoms with E-state index in [1.54, 1.807) is 0 Å². The smallest absolute Gasteiger partial charge is 0.127 e. The van der Waals surface area contributed by atoms with Crippen molar-refractivity contribution in [3.63, 3.8) is 0 Å². The summed E-state index contributed by atoms with van der Waals surface area (Å²) < 4.78 is 5.58. The summed E-state index contributed by atoms with van der Waals surface area (Å²) >= 11 is 0. The van der Waals surface area contributed by atoms with Crippen molar-refractivity contribution in [1.82, 2.24) is 0 Å². The minimum absolute atomic E-state index is 0. The summed E-state index contributed by atoms with van der Waals surface area (Å²) in [5, 5.41) is 0. The van der Waals surface area contributed by atoms with Gasteiger partial charge in [0, 0.05) is 26.2 Å².